The molecule has 0 aliphatic carbocycles. The highest BCUT2D eigenvalue weighted by molar-refractivity contribution is 9.11. The first-order valence-corrected chi connectivity index (χ1v) is 6.07. The largest absolute Gasteiger partial charge is 0.358 e. The molecule has 0 saturated heterocycles. The molecule has 0 heterocycles. The van der Waals surface area contributed by atoms with Gasteiger partial charge in [0.25, 0.3) is 5.91 Å². The summed E-state index contributed by atoms with van der Waals surface area (Å²) in [7, 11) is 1.52. The average molecular weight is 350 g/mol. The Hall–Kier alpha value is -0.880. The summed E-state index contributed by atoms with van der Waals surface area (Å²) in [6.07, 6.45) is 0. The molecule has 86 valence electrons. The summed E-state index contributed by atoms with van der Waals surface area (Å²) in [5.74, 6) is -0.531. The van der Waals surface area contributed by atoms with Crippen molar-refractivity contribution < 1.29 is 9.59 Å². The van der Waals surface area contributed by atoms with E-state index in [9.17, 15) is 9.59 Å². The van der Waals surface area contributed by atoms with E-state index in [4.69, 9.17) is 0 Å². The fourth-order valence-corrected chi connectivity index (χ4v) is 1.80. The van der Waals surface area contributed by atoms with Gasteiger partial charge >= 0.3 is 0 Å². The molecule has 0 spiro atoms. The van der Waals surface area contributed by atoms with Crippen molar-refractivity contribution in [2.45, 2.75) is 0 Å². The summed E-state index contributed by atoms with van der Waals surface area (Å²) in [4.78, 5) is 22.6. The van der Waals surface area contributed by atoms with E-state index in [2.05, 4.69) is 42.5 Å². The molecular formula is C10H10Br2N2O2. The minimum Gasteiger partial charge on any atom is -0.358 e. The Labute approximate surface area is 110 Å². The summed E-state index contributed by atoms with van der Waals surface area (Å²) >= 11 is 6.55. The number of carbonyl (C=O) groups is 2. The molecule has 1 aromatic rings. The molecule has 1 aromatic carbocycles. The molecule has 1 rings (SSSR count). The van der Waals surface area contributed by atoms with E-state index < -0.39 is 0 Å². The summed E-state index contributed by atoms with van der Waals surface area (Å²) < 4.78 is 1.49. The number of halogens is 2. The molecule has 6 heteroatoms. The van der Waals surface area contributed by atoms with Crippen molar-refractivity contribution >= 4 is 43.7 Å². The predicted octanol–water partition coefficient (Wildman–Crippen LogP) is 1.69. The number of nitrogens with one attached hydrogen (secondary N) is 2. The standard InChI is InChI=1S/C10H10Br2N2O2/c1-13-9(15)5-14-10(16)7-4-6(11)2-3-8(7)12/h2-4H,5H2,1H3,(H,13,15)(H,14,16). The fraction of sp³-hybridized carbons (Fsp3) is 0.200. The Balaban J connectivity index is 2.73. The molecule has 0 saturated carbocycles. The van der Waals surface area contributed by atoms with Crippen LogP contribution in [0, 0.1) is 0 Å². The smallest absolute Gasteiger partial charge is 0.252 e. The van der Waals surface area contributed by atoms with E-state index in [1.807, 2.05) is 6.07 Å². The molecule has 0 fully saturated rings. The molecule has 0 aromatic heterocycles. The van der Waals surface area contributed by atoms with E-state index in [1.54, 1.807) is 12.1 Å². The van der Waals surface area contributed by atoms with Crippen LogP contribution in [-0.4, -0.2) is 25.4 Å². The van der Waals surface area contributed by atoms with Gasteiger partial charge in [-0.2, -0.15) is 0 Å². The van der Waals surface area contributed by atoms with Crippen LogP contribution >= 0.6 is 31.9 Å². The number of hydrogen-bond donors (Lipinski definition) is 2. The van der Waals surface area contributed by atoms with Crippen molar-refractivity contribution in [2.24, 2.45) is 0 Å². The number of hydrogen-bond acceptors (Lipinski definition) is 2. The minimum atomic E-state index is -0.295. The molecule has 0 radical (unpaired) electrons. The minimum absolute atomic E-state index is 0.0334. The lowest BCUT2D eigenvalue weighted by Crippen LogP contribution is -2.35. The lowest BCUT2D eigenvalue weighted by atomic mass is 10.2. The number of carbonyl (C=O) groups excluding carboxylic acids is 2. The van der Waals surface area contributed by atoms with Gasteiger partial charge < -0.3 is 10.6 Å². The third-order valence-corrected chi connectivity index (χ3v) is 3.05. The van der Waals surface area contributed by atoms with E-state index in [0.29, 0.717) is 10.0 Å². The van der Waals surface area contributed by atoms with Crippen molar-refractivity contribution in [3.05, 3.63) is 32.7 Å². The number of amides is 2. The van der Waals surface area contributed by atoms with Gasteiger partial charge in [-0.1, -0.05) is 15.9 Å². The SMILES string of the molecule is CNC(=O)CNC(=O)c1cc(Br)ccc1Br. The second-order valence-corrected chi connectivity index (χ2v) is 4.75. The molecule has 0 aliphatic rings. The molecule has 4 nitrogen and oxygen atoms in total. The predicted molar refractivity (Wildman–Crippen MR) is 68.2 cm³/mol. The number of likely N-dealkylation sites (N-methyl/N-ethyl adjacent to an activating group) is 1. The van der Waals surface area contributed by atoms with Crippen LogP contribution < -0.4 is 10.6 Å². The van der Waals surface area contributed by atoms with Crippen LogP contribution in [0.4, 0.5) is 0 Å². The maximum atomic E-state index is 11.7. The quantitative estimate of drug-likeness (QED) is 0.872. The normalized spacial score (nSPS) is 9.69. The first-order chi connectivity index (χ1) is 7.54. The van der Waals surface area contributed by atoms with Gasteiger partial charge in [-0.05, 0) is 34.1 Å². The highest BCUT2D eigenvalue weighted by Crippen LogP contribution is 2.21. The number of rotatable bonds is 3. The maximum Gasteiger partial charge on any atom is 0.252 e. The van der Waals surface area contributed by atoms with E-state index >= 15 is 0 Å². The Bertz CT molecular complexity index is 421. The Morgan fingerprint density at radius 3 is 2.62 bits per heavy atom. The third kappa shape index (κ3) is 3.61. The monoisotopic (exact) mass is 348 g/mol. The van der Waals surface area contributed by atoms with Gasteiger partial charge in [0.15, 0.2) is 0 Å². The third-order valence-electron chi connectivity index (χ3n) is 1.86. The zero-order chi connectivity index (χ0) is 12.1. The van der Waals surface area contributed by atoms with Crippen molar-refractivity contribution in [3.8, 4) is 0 Å². The van der Waals surface area contributed by atoms with Crippen molar-refractivity contribution in [1.82, 2.24) is 10.6 Å². The molecule has 0 bridgehead atoms. The highest BCUT2D eigenvalue weighted by Gasteiger charge is 2.11. The lowest BCUT2D eigenvalue weighted by Gasteiger charge is -2.06. The first-order valence-electron chi connectivity index (χ1n) is 4.48. The van der Waals surface area contributed by atoms with Gasteiger partial charge in [-0.15, -0.1) is 0 Å². The number of benzene rings is 1. The van der Waals surface area contributed by atoms with Crippen LogP contribution in [-0.2, 0) is 4.79 Å². The van der Waals surface area contributed by atoms with Crippen LogP contribution in [0.1, 0.15) is 10.4 Å². The molecule has 0 unspecified atom stereocenters. The van der Waals surface area contributed by atoms with Crippen molar-refractivity contribution in [2.75, 3.05) is 13.6 Å². The van der Waals surface area contributed by atoms with Crippen LogP contribution in [0.25, 0.3) is 0 Å². The highest BCUT2D eigenvalue weighted by atomic mass is 79.9. The molecular weight excluding hydrogens is 340 g/mol. The van der Waals surface area contributed by atoms with Crippen molar-refractivity contribution in [1.29, 1.82) is 0 Å². The van der Waals surface area contributed by atoms with Crippen LogP contribution in [0.5, 0.6) is 0 Å². The summed E-state index contributed by atoms with van der Waals surface area (Å²) in [6.45, 7) is -0.0334. The first kappa shape index (κ1) is 13.2. The summed E-state index contributed by atoms with van der Waals surface area (Å²) in [6, 6.07) is 5.27. The van der Waals surface area contributed by atoms with Gasteiger partial charge in [0.05, 0.1) is 12.1 Å². The van der Waals surface area contributed by atoms with Crippen LogP contribution in [0.3, 0.4) is 0 Å². The van der Waals surface area contributed by atoms with Crippen molar-refractivity contribution in [3.63, 3.8) is 0 Å². The van der Waals surface area contributed by atoms with E-state index in [1.165, 1.54) is 7.05 Å². The van der Waals surface area contributed by atoms with E-state index in [-0.39, 0.29) is 18.4 Å². The molecule has 0 atom stereocenters. The van der Waals surface area contributed by atoms with E-state index in [0.717, 1.165) is 4.47 Å². The Kier molecular flexibility index (Phi) is 4.95. The Morgan fingerprint density at radius 1 is 1.31 bits per heavy atom. The molecule has 0 aliphatic heterocycles. The van der Waals surface area contributed by atoms with Crippen LogP contribution in [0.2, 0.25) is 0 Å². The summed E-state index contributed by atoms with van der Waals surface area (Å²) in [5.41, 5.74) is 0.485. The molecule has 16 heavy (non-hydrogen) atoms. The topological polar surface area (TPSA) is 58.2 Å². The van der Waals surface area contributed by atoms with Gasteiger partial charge in [-0.25, -0.2) is 0 Å². The fourth-order valence-electron chi connectivity index (χ4n) is 1.02. The Morgan fingerprint density at radius 2 is 2.00 bits per heavy atom. The zero-order valence-electron chi connectivity index (χ0n) is 8.51. The second kappa shape index (κ2) is 6.00. The summed E-state index contributed by atoms with van der Waals surface area (Å²) in [5, 5.41) is 4.94. The van der Waals surface area contributed by atoms with Gasteiger partial charge in [0.2, 0.25) is 5.91 Å². The van der Waals surface area contributed by atoms with Gasteiger partial charge in [0, 0.05) is 16.0 Å². The van der Waals surface area contributed by atoms with Crippen LogP contribution in [0.15, 0.2) is 27.1 Å². The second-order valence-electron chi connectivity index (χ2n) is 2.98. The molecule has 2 amide bonds. The maximum absolute atomic E-state index is 11.7. The average Bonchev–Trinajstić information content (AvgIpc) is 2.28. The zero-order valence-corrected chi connectivity index (χ0v) is 11.7. The molecule has 2 N–H and O–H groups in total. The van der Waals surface area contributed by atoms with Gasteiger partial charge in [0.1, 0.15) is 0 Å². The van der Waals surface area contributed by atoms with Gasteiger partial charge in [-0.3, -0.25) is 9.59 Å². The lowest BCUT2D eigenvalue weighted by molar-refractivity contribution is -0.119.